The number of rotatable bonds is 4. The molecular weight excluding hydrogens is 246 g/mol. The van der Waals surface area contributed by atoms with Crippen molar-refractivity contribution in [2.24, 2.45) is 5.84 Å². The highest BCUT2D eigenvalue weighted by Crippen LogP contribution is 2.30. The van der Waals surface area contributed by atoms with Gasteiger partial charge in [0, 0.05) is 24.4 Å². The average molecular weight is 261 g/mol. The Bertz CT molecular complexity index is 487. The first kappa shape index (κ1) is 11.6. The van der Waals surface area contributed by atoms with Gasteiger partial charge in [-0.2, -0.15) is 0 Å². The molecule has 1 aliphatic rings. The SMILES string of the molecule is NNC(Cc1nccs1)C1Cc2ccccc2O1. The smallest absolute Gasteiger partial charge is 0.123 e. The quantitative estimate of drug-likeness (QED) is 0.647. The molecule has 0 aliphatic carbocycles. The summed E-state index contributed by atoms with van der Waals surface area (Å²) in [4.78, 5) is 4.29. The number of ether oxygens (including phenoxy) is 1. The Morgan fingerprint density at radius 2 is 2.39 bits per heavy atom. The first-order valence-electron chi connectivity index (χ1n) is 5.96. The minimum atomic E-state index is 0.0799. The molecule has 0 radical (unpaired) electrons. The van der Waals surface area contributed by atoms with E-state index < -0.39 is 0 Å². The van der Waals surface area contributed by atoms with Crippen LogP contribution in [0, 0.1) is 0 Å². The molecule has 2 heterocycles. The topological polar surface area (TPSA) is 60.2 Å². The third-order valence-electron chi connectivity index (χ3n) is 3.21. The lowest BCUT2D eigenvalue weighted by atomic mass is 10.0. The van der Waals surface area contributed by atoms with Gasteiger partial charge in [-0.15, -0.1) is 11.3 Å². The Labute approximate surface area is 110 Å². The number of benzene rings is 1. The van der Waals surface area contributed by atoms with Crippen LogP contribution in [0.15, 0.2) is 35.8 Å². The van der Waals surface area contributed by atoms with Gasteiger partial charge in [0.05, 0.1) is 11.0 Å². The Morgan fingerprint density at radius 3 is 3.11 bits per heavy atom. The first-order chi connectivity index (χ1) is 8.86. The van der Waals surface area contributed by atoms with E-state index in [2.05, 4.69) is 16.5 Å². The van der Waals surface area contributed by atoms with Crippen molar-refractivity contribution in [1.29, 1.82) is 0 Å². The molecular formula is C13H15N3OS. The van der Waals surface area contributed by atoms with E-state index in [4.69, 9.17) is 10.6 Å². The summed E-state index contributed by atoms with van der Waals surface area (Å²) in [5, 5.41) is 3.06. The molecule has 0 amide bonds. The predicted molar refractivity (Wildman–Crippen MR) is 71.5 cm³/mol. The number of aromatic nitrogens is 1. The van der Waals surface area contributed by atoms with E-state index in [-0.39, 0.29) is 12.1 Å². The second-order valence-corrected chi connectivity index (χ2v) is 5.35. The highest BCUT2D eigenvalue weighted by Gasteiger charge is 2.30. The van der Waals surface area contributed by atoms with Crippen LogP contribution in [0.2, 0.25) is 0 Å². The fourth-order valence-electron chi connectivity index (χ4n) is 2.27. The molecule has 94 valence electrons. The van der Waals surface area contributed by atoms with Gasteiger partial charge in [0.25, 0.3) is 0 Å². The molecule has 3 N–H and O–H groups in total. The monoisotopic (exact) mass is 261 g/mol. The Kier molecular flexibility index (Phi) is 3.27. The van der Waals surface area contributed by atoms with Crippen molar-refractivity contribution >= 4 is 11.3 Å². The summed E-state index contributed by atoms with van der Waals surface area (Å²) in [5.41, 5.74) is 4.11. The van der Waals surface area contributed by atoms with Crippen molar-refractivity contribution in [1.82, 2.24) is 10.4 Å². The van der Waals surface area contributed by atoms with Crippen LogP contribution in [-0.4, -0.2) is 17.1 Å². The first-order valence-corrected chi connectivity index (χ1v) is 6.84. The number of nitrogens with one attached hydrogen (secondary N) is 1. The fraction of sp³-hybridized carbons (Fsp3) is 0.308. The fourth-order valence-corrected chi connectivity index (χ4v) is 2.95. The molecule has 1 aliphatic heterocycles. The van der Waals surface area contributed by atoms with Crippen LogP contribution in [0.4, 0.5) is 0 Å². The van der Waals surface area contributed by atoms with Gasteiger partial charge in [-0.3, -0.25) is 11.3 Å². The average Bonchev–Trinajstić information content (AvgIpc) is 3.04. The van der Waals surface area contributed by atoms with Crippen LogP contribution in [0.25, 0.3) is 0 Å². The third kappa shape index (κ3) is 2.25. The number of nitrogens with two attached hydrogens (primary N) is 1. The predicted octanol–water partition coefficient (Wildman–Crippen LogP) is 1.52. The Hall–Kier alpha value is -1.43. The number of hydrogen-bond donors (Lipinski definition) is 2. The summed E-state index contributed by atoms with van der Waals surface area (Å²) in [6.07, 6.45) is 3.59. The van der Waals surface area contributed by atoms with Crippen LogP contribution >= 0.6 is 11.3 Å². The van der Waals surface area contributed by atoms with Crippen molar-refractivity contribution in [3.05, 3.63) is 46.4 Å². The molecule has 2 unspecified atom stereocenters. The molecule has 4 nitrogen and oxygen atoms in total. The number of thiazole rings is 1. The zero-order valence-electron chi connectivity index (χ0n) is 9.87. The van der Waals surface area contributed by atoms with Crippen LogP contribution in [0.1, 0.15) is 10.6 Å². The van der Waals surface area contributed by atoms with E-state index >= 15 is 0 Å². The van der Waals surface area contributed by atoms with E-state index in [9.17, 15) is 0 Å². The molecule has 5 heteroatoms. The standard InChI is InChI=1S/C13H15N3OS/c14-16-10(8-13-15-5-6-18-13)12-7-9-3-1-2-4-11(9)17-12/h1-6,10,12,16H,7-8,14H2. The molecule has 1 aromatic carbocycles. The summed E-state index contributed by atoms with van der Waals surface area (Å²) in [6, 6.07) is 8.23. The van der Waals surface area contributed by atoms with E-state index in [1.165, 1.54) is 5.56 Å². The highest BCUT2D eigenvalue weighted by atomic mass is 32.1. The Morgan fingerprint density at radius 1 is 1.50 bits per heavy atom. The van der Waals surface area contributed by atoms with Crippen molar-refractivity contribution in [3.63, 3.8) is 0 Å². The van der Waals surface area contributed by atoms with Gasteiger partial charge in [0.2, 0.25) is 0 Å². The van der Waals surface area contributed by atoms with Gasteiger partial charge in [0.1, 0.15) is 11.9 Å². The lowest BCUT2D eigenvalue weighted by Gasteiger charge is -2.21. The van der Waals surface area contributed by atoms with E-state index in [0.717, 1.165) is 23.6 Å². The lowest BCUT2D eigenvalue weighted by Crippen LogP contribution is -2.47. The molecule has 0 fully saturated rings. The van der Waals surface area contributed by atoms with Crippen molar-refractivity contribution in [2.75, 3.05) is 0 Å². The van der Waals surface area contributed by atoms with Crippen molar-refractivity contribution in [2.45, 2.75) is 25.0 Å². The van der Waals surface area contributed by atoms with Gasteiger partial charge in [-0.1, -0.05) is 18.2 Å². The van der Waals surface area contributed by atoms with Crippen LogP contribution < -0.4 is 16.0 Å². The molecule has 3 rings (SSSR count). The molecule has 18 heavy (non-hydrogen) atoms. The van der Waals surface area contributed by atoms with Crippen LogP contribution in [0.5, 0.6) is 5.75 Å². The Balaban J connectivity index is 1.71. The molecule has 0 spiro atoms. The summed E-state index contributed by atoms with van der Waals surface area (Å²) in [6.45, 7) is 0. The minimum Gasteiger partial charge on any atom is -0.488 e. The molecule has 2 atom stereocenters. The number of fused-ring (bicyclic) bond motifs is 1. The van der Waals surface area contributed by atoms with E-state index in [0.29, 0.717) is 0 Å². The van der Waals surface area contributed by atoms with Gasteiger partial charge in [-0.25, -0.2) is 4.98 Å². The summed E-state index contributed by atoms with van der Waals surface area (Å²) < 4.78 is 5.94. The maximum Gasteiger partial charge on any atom is 0.123 e. The van der Waals surface area contributed by atoms with Gasteiger partial charge in [0.15, 0.2) is 0 Å². The zero-order valence-corrected chi connectivity index (χ0v) is 10.7. The van der Waals surface area contributed by atoms with Crippen LogP contribution in [-0.2, 0) is 12.8 Å². The van der Waals surface area contributed by atoms with Crippen molar-refractivity contribution < 1.29 is 4.74 Å². The van der Waals surface area contributed by atoms with Gasteiger partial charge >= 0.3 is 0 Å². The number of para-hydroxylation sites is 1. The summed E-state index contributed by atoms with van der Waals surface area (Å²) >= 11 is 1.65. The number of hydrogen-bond acceptors (Lipinski definition) is 5. The maximum atomic E-state index is 5.94. The number of nitrogens with zero attached hydrogens (tertiary/aromatic N) is 1. The van der Waals surface area contributed by atoms with Gasteiger partial charge in [-0.05, 0) is 11.6 Å². The zero-order chi connectivity index (χ0) is 12.4. The molecule has 2 aromatic rings. The molecule has 0 bridgehead atoms. The lowest BCUT2D eigenvalue weighted by molar-refractivity contribution is 0.177. The second kappa shape index (κ2) is 5.06. The normalized spacial score (nSPS) is 19.3. The van der Waals surface area contributed by atoms with E-state index in [1.54, 1.807) is 11.3 Å². The van der Waals surface area contributed by atoms with Crippen LogP contribution in [0.3, 0.4) is 0 Å². The highest BCUT2D eigenvalue weighted by molar-refractivity contribution is 7.09. The third-order valence-corrected chi connectivity index (χ3v) is 4.01. The summed E-state index contributed by atoms with van der Waals surface area (Å²) in [5.74, 6) is 6.62. The van der Waals surface area contributed by atoms with E-state index in [1.807, 2.05) is 29.8 Å². The maximum absolute atomic E-state index is 5.94. The second-order valence-electron chi connectivity index (χ2n) is 4.37. The largest absolute Gasteiger partial charge is 0.488 e. The minimum absolute atomic E-state index is 0.0799. The van der Waals surface area contributed by atoms with Crippen molar-refractivity contribution in [3.8, 4) is 5.75 Å². The van der Waals surface area contributed by atoms with Gasteiger partial charge < -0.3 is 4.74 Å². The molecule has 0 saturated heterocycles. The molecule has 1 aromatic heterocycles. The number of hydrazine groups is 1. The molecule has 0 saturated carbocycles. The summed E-state index contributed by atoms with van der Waals surface area (Å²) in [7, 11) is 0.